The third kappa shape index (κ3) is 10.4. The number of nitrogens with zero attached hydrogens (tertiary/aromatic N) is 2. The normalized spacial score (nSPS) is 11.2. The summed E-state index contributed by atoms with van der Waals surface area (Å²) >= 11 is 7.41. The number of hydrogen-bond donors (Lipinski definition) is 1. The molecule has 0 amide bonds. The topological polar surface area (TPSA) is 18.5 Å². The zero-order valence-electron chi connectivity index (χ0n) is 46.3. The minimum Gasteiger partial charge on any atom is -0.356 e. The molecule has 0 radical (unpaired) electrons. The van der Waals surface area contributed by atoms with E-state index in [1.807, 2.05) is 60.7 Å². The van der Waals surface area contributed by atoms with Gasteiger partial charge in [-0.15, -0.1) is 0 Å². The smallest absolute Gasteiger partial charge is 0.0546 e. The molecule has 0 bridgehead atoms. The van der Waals surface area contributed by atoms with E-state index in [9.17, 15) is 0 Å². The lowest BCUT2D eigenvalue weighted by atomic mass is 9.89. The fourth-order valence-corrected chi connectivity index (χ4v) is 13.2. The molecule has 16 rings (SSSR count). The summed E-state index contributed by atoms with van der Waals surface area (Å²) in [5, 5.41) is 23.6. The van der Waals surface area contributed by atoms with E-state index in [0.29, 0.717) is 0 Å². The molecule has 16 aromatic rings. The zero-order valence-corrected chi connectivity index (χ0v) is 49.5. The van der Waals surface area contributed by atoms with Crippen molar-refractivity contribution in [1.82, 2.24) is 0 Å². The first kappa shape index (κ1) is 53.0. The molecule has 0 spiro atoms. The molecular formula is C80H55Br2N3. The van der Waals surface area contributed by atoms with Gasteiger partial charge in [0.15, 0.2) is 0 Å². The van der Waals surface area contributed by atoms with Crippen LogP contribution in [-0.2, 0) is 0 Å². The van der Waals surface area contributed by atoms with Crippen molar-refractivity contribution < 1.29 is 0 Å². The average Bonchev–Trinajstić information content (AvgIpc) is 3.23. The van der Waals surface area contributed by atoms with Crippen molar-refractivity contribution in [3.8, 4) is 0 Å². The first-order valence-electron chi connectivity index (χ1n) is 28.6. The molecule has 85 heavy (non-hydrogen) atoms. The van der Waals surface area contributed by atoms with Gasteiger partial charge in [0.2, 0.25) is 0 Å². The first-order chi connectivity index (χ1) is 42.0. The van der Waals surface area contributed by atoms with Crippen molar-refractivity contribution in [3.05, 3.63) is 337 Å². The molecule has 0 saturated carbocycles. The number of benzene rings is 16. The van der Waals surface area contributed by atoms with Crippen molar-refractivity contribution in [3.63, 3.8) is 0 Å². The van der Waals surface area contributed by atoms with Gasteiger partial charge in [-0.25, -0.2) is 0 Å². The van der Waals surface area contributed by atoms with Crippen LogP contribution in [0.4, 0.5) is 45.5 Å². The van der Waals surface area contributed by atoms with Crippen molar-refractivity contribution in [1.29, 1.82) is 0 Å². The van der Waals surface area contributed by atoms with Gasteiger partial charge in [-0.3, -0.25) is 0 Å². The van der Waals surface area contributed by atoms with Crippen LogP contribution in [0.15, 0.2) is 337 Å². The van der Waals surface area contributed by atoms with Crippen LogP contribution in [-0.4, -0.2) is 0 Å². The summed E-state index contributed by atoms with van der Waals surface area (Å²) in [7, 11) is 0. The molecule has 0 aliphatic rings. The Hall–Kier alpha value is -10.0. The Morgan fingerprint density at radius 3 is 1.01 bits per heavy atom. The molecule has 0 unspecified atom stereocenters. The van der Waals surface area contributed by atoms with Crippen molar-refractivity contribution in [2.24, 2.45) is 0 Å². The van der Waals surface area contributed by atoms with E-state index in [1.165, 1.54) is 86.2 Å². The number of nitrogens with one attached hydrogen (secondary N) is 1. The largest absolute Gasteiger partial charge is 0.356 e. The highest BCUT2D eigenvalue weighted by Gasteiger charge is 2.22. The zero-order chi connectivity index (χ0) is 57.1. The monoisotopic (exact) mass is 1220 g/mol. The quantitative estimate of drug-likeness (QED) is 0.153. The predicted octanol–water partition coefficient (Wildman–Crippen LogP) is 24.5. The summed E-state index contributed by atoms with van der Waals surface area (Å²) in [5.74, 6) is 0. The second-order valence-corrected chi connectivity index (χ2v) is 22.8. The Balaban J connectivity index is 0.000000142. The van der Waals surface area contributed by atoms with Crippen LogP contribution in [0.3, 0.4) is 0 Å². The van der Waals surface area contributed by atoms with Gasteiger partial charge in [-0.05, 0) is 190 Å². The van der Waals surface area contributed by atoms with E-state index >= 15 is 0 Å². The van der Waals surface area contributed by atoms with Gasteiger partial charge >= 0.3 is 0 Å². The van der Waals surface area contributed by atoms with Gasteiger partial charge in [0, 0.05) is 54.1 Å². The summed E-state index contributed by atoms with van der Waals surface area (Å²) < 4.78 is 2.26. The van der Waals surface area contributed by atoms with Gasteiger partial charge in [0.25, 0.3) is 0 Å². The minimum absolute atomic E-state index is 1.11. The molecular weight excluding hydrogens is 1160 g/mol. The maximum absolute atomic E-state index is 3.77. The number of rotatable bonds is 8. The summed E-state index contributed by atoms with van der Waals surface area (Å²) in [4.78, 5) is 4.73. The molecule has 0 fully saturated rings. The third-order valence-electron chi connectivity index (χ3n) is 15.9. The molecule has 1 N–H and O–H groups in total. The first-order valence-corrected chi connectivity index (χ1v) is 30.2. The van der Waals surface area contributed by atoms with Crippen LogP contribution in [0, 0.1) is 0 Å². The van der Waals surface area contributed by atoms with E-state index in [0.717, 1.165) is 54.4 Å². The Morgan fingerprint density at radius 2 is 0.541 bits per heavy atom. The van der Waals surface area contributed by atoms with Gasteiger partial charge in [0.1, 0.15) is 0 Å². The van der Waals surface area contributed by atoms with Crippen molar-refractivity contribution in [2.45, 2.75) is 0 Å². The molecule has 0 saturated heterocycles. The van der Waals surface area contributed by atoms with Gasteiger partial charge in [0.05, 0.1) is 5.69 Å². The number of anilines is 8. The SMILES string of the molecule is Brc1ccc2c(c1)c1ccccc1c1cc(Br)c3ccccc3c21.c1ccc(N(c2ccccc2)c2ccc3c(c2)c2ccccc2c2cc(N(c4ccccc4)c4ccccc4)c4ccccc4c32)cc1.c1ccc(Nc2ccccc2)cc1. The maximum Gasteiger partial charge on any atom is 0.0546 e. The lowest BCUT2D eigenvalue weighted by Crippen LogP contribution is -2.10. The van der Waals surface area contributed by atoms with Crippen LogP contribution >= 0.6 is 31.9 Å². The Labute approximate surface area is 511 Å². The van der Waals surface area contributed by atoms with Crippen LogP contribution in [0.2, 0.25) is 0 Å². The lowest BCUT2D eigenvalue weighted by Gasteiger charge is -2.28. The van der Waals surface area contributed by atoms with Gasteiger partial charge < -0.3 is 15.1 Å². The average molecular weight is 1220 g/mol. The number of fused-ring (bicyclic) bond motifs is 16. The van der Waals surface area contributed by atoms with E-state index < -0.39 is 0 Å². The highest BCUT2D eigenvalue weighted by molar-refractivity contribution is 9.11. The maximum atomic E-state index is 3.77. The van der Waals surface area contributed by atoms with E-state index in [1.54, 1.807) is 0 Å². The second-order valence-electron chi connectivity index (χ2n) is 21.1. The molecule has 0 heterocycles. The fourth-order valence-electron chi connectivity index (χ4n) is 12.2. The molecule has 0 atom stereocenters. The minimum atomic E-state index is 1.11. The van der Waals surface area contributed by atoms with Crippen molar-refractivity contribution >= 4 is 164 Å². The van der Waals surface area contributed by atoms with E-state index in [2.05, 4.69) is 314 Å². The molecule has 404 valence electrons. The predicted molar refractivity (Wildman–Crippen MR) is 374 cm³/mol. The van der Waals surface area contributed by atoms with Crippen LogP contribution < -0.4 is 15.1 Å². The highest BCUT2D eigenvalue weighted by Crippen LogP contribution is 2.48. The summed E-state index contributed by atoms with van der Waals surface area (Å²) in [6.45, 7) is 0. The standard InChI is InChI=1S/C46H32N2.C22H12Br2.C12H11N/c1-5-17-33(18-6-1)47(34-19-7-2-8-20-34)37-29-30-42-43(31-37)38-25-13-14-26-39(38)44-32-45(40-27-15-16-28-41(40)46(42)44)48(35-21-9-3-10-22-35)36-23-11-4-12-24-36;23-13-9-10-18-19(11-13)14-5-1-2-6-15(14)20-12-21(24)16-7-3-4-8-17(16)22(18)20;1-3-7-11(8-4-1)13-12-9-5-2-6-10-12/h1-32H;1-12H;1-10,13H. The molecule has 5 heteroatoms. The molecule has 0 aliphatic carbocycles. The number of hydrogen-bond acceptors (Lipinski definition) is 3. The fraction of sp³-hybridized carbons (Fsp3) is 0. The molecule has 3 nitrogen and oxygen atoms in total. The van der Waals surface area contributed by atoms with Crippen LogP contribution in [0.5, 0.6) is 0 Å². The second kappa shape index (κ2) is 23.7. The van der Waals surface area contributed by atoms with E-state index in [-0.39, 0.29) is 0 Å². The van der Waals surface area contributed by atoms with E-state index in [4.69, 9.17) is 0 Å². The molecule has 16 aromatic carbocycles. The Kier molecular flexibility index (Phi) is 14.8. The van der Waals surface area contributed by atoms with Gasteiger partial charge in [-0.2, -0.15) is 0 Å². The number of halogens is 2. The lowest BCUT2D eigenvalue weighted by molar-refractivity contribution is 1.29. The van der Waals surface area contributed by atoms with Gasteiger partial charge in [-0.1, -0.05) is 250 Å². The third-order valence-corrected chi connectivity index (χ3v) is 17.1. The summed E-state index contributed by atoms with van der Waals surface area (Å²) in [6.07, 6.45) is 0. The van der Waals surface area contributed by atoms with Crippen molar-refractivity contribution in [2.75, 3.05) is 15.1 Å². The molecule has 0 aromatic heterocycles. The Bertz CT molecular complexity index is 4930. The highest BCUT2D eigenvalue weighted by atomic mass is 79.9. The summed E-state index contributed by atoms with van der Waals surface area (Å²) in [6, 6.07) is 116. The molecule has 0 aliphatic heterocycles. The summed E-state index contributed by atoms with van der Waals surface area (Å²) in [5.41, 5.74) is 9.05. The Morgan fingerprint density at radius 1 is 0.212 bits per heavy atom. The number of para-hydroxylation sites is 6. The van der Waals surface area contributed by atoms with Crippen LogP contribution in [0.25, 0.3) is 86.2 Å². The van der Waals surface area contributed by atoms with Crippen LogP contribution in [0.1, 0.15) is 0 Å².